The smallest absolute Gasteiger partial charge is 0.436 e. The normalized spacial score (nSPS) is 17.1. The Balaban J connectivity index is 1.65. The van der Waals surface area contributed by atoms with Gasteiger partial charge >= 0.3 is 18.2 Å². The lowest BCUT2D eigenvalue weighted by Gasteiger charge is -2.16. The molecule has 0 spiro atoms. The number of hydrogen-bond donors (Lipinski definition) is 1. The Labute approximate surface area is 151 Å². The molecule has 7 nitrogen and oxygen atoms in total. The summed E-state index contributed by atoms with van der Waals surface area (Å²) in [5.41, 5.74) is -1.54. The molecular weight excluding hydrogens is 367 g/mol. The van der Waals surface area contributed by atoms with Crippen molar-refractivity contribution in [1.82, 2.24) is 14.7 Å². The Morgan fingerprint density at radius 2 is 1.96 bits per heavy atom. The molecule has 3 rings (SSSR count). The van der Waals surface area contributed by atoms with Crippen molar-refractivity contribution in [3.05, 3.63) is 53.3 Å². The summed E-state index contributed by atoms with van der Waals surface area (Å²) in [6.07, 6.45) is -4.25. The number of aromatic nitrogens is 2. The number of carbonyl (C=O) groups is 2. The van der Waals surface area contributed by atoms with Crippen LogP contribution in [0.2, 0.25) is 0 Å². The SMILES string of the molecule is O=C(O)c1cn(C2CCN(C(=O)OCc3ccccc3)C2)nc1C(F)(F)F. The average Bonchev–Trinajstić information content (AvgIpc) is 3.27. The number of aromatic carboxylic acids is 1. The second-order valence-corrected chi connectivity index (χ2v) is 6.10. The zero-order valence-electron chi connectivity index (χ0n) is 14.0. The Bertz CT molecular complexity index is 836. The summed E-state index contributed by atoms with van der Waals surface area (Å²) in [4.78, 5) is 24.6. The fourth-order valence-electron chi connectivity index (χ4n) is 2.88. The zero-order chi connectivity index (χ0) is 19.6. The van der Waals surface area contributed by atoms with E-state index in [0.717, 1.165) is 16.4 Å². The number of halogens is 3. The Morgan fingerprint density at radius 1 is 1.26 bits per heavy atom. The number of benzene rings is 1. The first-order chi connectivity index (χ1) is 12.8. The molecule has 1 fully saturated rings. The van der Waals surface area contributed by atoms with Gasteiger partial charge in [0.1, 0.15) is 12.2 Å². The standard InChI is InChI=1S/C17H16F3N3O4/c18-17(19,20)14-13(15(24)25)9-23(21-14)12-6-7-22(8-12)16(26)27-10-11-4-2-1-3-5-11/h1-5,9,12H,6-8,10H2,(H,24,25). The van der Waals surface area contributed by atoms with Gasteiger partial charge in [-0.25, -0.2) is 9.59 Å². The van der Waals surface area contributed by atoms with Crippen LogP contribution in [0.1, 0.15) is 34.1 Å². The molecule has 2 aromatic rings. The van der Waals surface area contributed by atoms with E-state index >= 15 is 0 Å². The molecular formula is C17H16F3N3O4. The Morgan fingerprint density at radius 3 is 2.56 bits per heavy atom. The second-order valence-electron chi connectivity index (χ2n) is 6.10. The van der Waals surface area contributed by atoms with Crippen LogP contribution in [-0.2, 0) is 17.5 Å². The van der Waals surface area contributed by atoms with E-state index in [2.05, 4.69) is 5.10 Å². The number of ether oxygens (including phenoxy) is 1. The highest BCUT2D eigenvalue weighted by Gasteiger charge is 2.40. The highest BCUT2D eigenvalue weighted by molar-refractivity contribution is 5.88. The fraction of sp³-hybridized carbons (Fsp3) is 0.353. The molecule has 1 atom stereocenters. The van der Waals surface area contributed by atoms with Crippen LogP contribution in [-0.4, -0.2) is 44.9 Å². The predicted octanol–water partition coefficient (Wildman–Crippen LogP) is 3.18. The van der Waals surface area contributed by atoms with Crippen LogP contribution < -0.4 is 0 Å². The van der Waals surface area contributed by atoms with E-state index in [0.29, 0.717) is 6.42 Å². The molecule has 27 heavy (non-hydrogen) atoms. The van der Waals surface area contributed by atoms with Gasteiger partial charge in [0.05, 0.1) is 6.04 Å². The number of rotatable bonds is 4. The third-order valence-corrected chi connectivity index (χ3v) is 4.23. The van der Waals surface area contributed by atoms with E-state index in [4.69, 9.17) is 9.84 Å². The van der Waals surface area contributed by atoms with Gasteiger partial charge in [-0.05, 0) is 12.0 Å². The molecule has 1 aliphatic rings. The van der Waals surface area contributed by atoms with Gasteiger partial charge < -0.3 is 14.7 Å². The molecule has 0 radical (unpaired) electrons. The maximum absolute atomic E-state index is 13.0. The molecule has 0 bridgehead atoms. The highest BCUT2D eigenvalue weighted by atomic mass is 19.4. The molecule has 2 heterocycles. The summed E-state index contributed by atoms with van der Waals surface area (Å²) < 4.78 is 45.0. The molecule has 1 aromatic carbocycles. The quantitative estimate of drug-likeness (QED) is 0.877. The lowest BCUT2D eigenvalue weighted by Crippen LogP contribution is -2.29. The van der Waals surface area contributed by atoms with Crippen LogP contribution in [0, 0.1) is 0 Å². The third-order valence-electron chi connectivity index (χ3n) is 4.23. The van der Waals surface area contributed by atoms with Crippen molar-refractivity contribution in [2.75, 3.05) is 13.1 Å². The molecule has 144 valence electrons. The van der Waals surface area contributed by atoms with E-state index in [1.54, 1.807) is 12.1 Å². The number of amides is 1. The fourth-order valence-corrected chi connectivity index (χ4v) is 2.88. The zero-order valence-corrected chi connectivity index (χ0v) is 14.0. The number of alkyl halides is 3. The molecule has 1 aromatic heterocycles. The number of carboxylic acid groups (broad SMARTS) is 1. The number of nitrogens with zero attached hydrogens (tertiary/aromatic N) is 3. The summed E-state index contributed by atoms with van der Waals surface area (Å²) in [6.45, 7) is 0.456. The van der Waals surface area contributed by atoms with Crippen LogP contribution in [0.3, 0.4) is 0 Å². The maximum Gasteiger partial charge on any atom is 0.436 e. The number of carboxylic acids is 1. The molecule has 0 aliphatic carbocycles. The van der Waals surface area contributed by atoms with Gasteiger partial charge in [0.2, 0.25) is 0 Å². The first kappa shape index (κ1) is 18.7. The van der Waals surface area contributed by atoms with Gasteiger partial charge in [-0.1, -0.05) is 30.3 Å². The topological polar surface area (TPSA) is 84.7 Å². The van der Waals surface area contributed by atoms with E-state index in [1.165, 1.54) is 4.90 Å². The van der Waals surface area contributed by atoms with Crippen molar-refractivity contribution < 1.29 is 32.6 Å². The molecule has 10 heteroatoms. The van der Waals surface area contributed by atoms with Crippen LogP contribution in [0.4, 0.5) is 18.0 Å². The van der Waals surface area contributed by atoms with Crippen molar-refractivity contribution >= 4 is 12.1 Å². The van der Waals surface area contributed by atoms with Crippen molar-refractivity contribution in [1.29, 1.82) is 0 Å². The Hall–Kier alpha value is -3.04. The van der Waals surface area contributed by atoms with Gasteiger partial charge in [0.15, 0.2) is 5.69 Å². The van der Waals surface area contributed by atoms with E-state index in [-0.39, 0.29) is 19.7 Å². The summed E-state index contributed by atoms with van der Waals surface area (Å²) >= 11 is 0. The van der Waals surface area contributed by atoms with Crippen molar-refractivity contribution in [3.63, 3.8) is 0 Å². The monoisotopic (exact) mass is 383 g/mol. The number of hydrogen-bond acceptors (Lipinski definition) is 4. The lowest BCUT2D eigenvalue weighted by atomic mass is 10.2. The van der Waals surface area contributed by atoms with Gasteiger partial charge in [-0.15, -0.1) is 0 Å². The summed E-state index contributed by atoms with van der Waals surface area (Å²) in [5, 5.41) is 12.4. The average molecular weight is 383 g/mol. The third kappa shape index (κ3) is 4.21. The highest BCUT2D eigenvalue weighted by Crippen LogP contribution is 2.32. The maximum atomic E-state index is 13.0. The molecule has 1 saturated heterocycles. The lowest BCUT2D eigenvalue weighted by molar-refractivity contribution is -0.142. The van der Waals surface area contributed by atoms with Gasteiger partial charge in [0, 0.05) is 19.3 Å². The molecule has 0 saturated carbocycles. The molecule has 1 unspecified atom stereocenters. The first-order valence-corrected chi connectivity index (χ1v) is 8.11. The van der Waals surface area contributed by atoms with Crippen LogP contribution in [0.5, 0.6) is 0 Å². The van der Waals surface area contributed by atoms with E-state index in [9.17, 15) is 22.8 Å². The summed E-state index contributed by atoms with van der Waals surface area (Å²) in [6, 6.07) is 8.51. The summed E-state index contributed by atoms with van der Waals surface area (Å²) in [5.74, 6) is -1.70. The minimum absolute atomic E-state index is 0.0873. The molecule has 1 N–H and O–H groups in total. The van der Waals surface area contributed by atoms with Crippen LogP contribution in [0.15, 0.2) is 36.5 Å². The minimum atomic E-state index is -4.87. The van der Waals surface area contributed by atoms with Crippen LogP contribution >= 0.6 is 0 Å². The molecule has 1 amide bonds. The largest absolute Gasteiger partial charge is 0.478 e. The second kappa shape index (κ2) is 7.29. The van der Waals surface area contributed by atoms with Crippen molar-refractivity contribution in [3.8, 4) is 0 Å². The predicted molar refractivity (Wildman–Crippen MR) is 86.0 cm³/mol. The van der Waals surface area contributed by atoms with E-state index < -0.39 is 35.5 Å². The minimum Gasteiger partial charge on any atom is -0.478 e. The van der Waals surface area contributed by atoms with Crippen LogP contribution in [0.25, 0.3) is 0 Å². The molecule has 1 aliphatic heterocycles. The van der Waals surface area contributed by atoms with Crippen molar-refractivity contribution in [2.45, 2.75) is 25.2 Å². The van der Waals surface area contributed by atoms with Gasteiger partial charge in [-0.2, -0.15) is 18.3 Å². The van der Waals surface area contributed by atoms with Gasteiger partial charge in [-0.3, -0.25) is 4.68 Å². The summed E-state index contributed by atoms with van der Waals surface area (Å²) in [7, 11) is 0. The van der Waals surface area contributed by atoms with Crippen molar-refractivity contribution in [2.24, 2.45) is 0 Å². The number of carbonyl (C=O) groups excluding carboxylic acids is 1. The first-order valence-electron chi connectivity index (χ1n) is 8.11. The Kier molecular flexibility index (Phi) is 5.06. The van der Waals surface area contributed by atoms with Gasteiger partial charge in [0.25, 0.3) is 0 Å². The number of likely N-dealkylation sites (tertiary alicyclic amines) is 1. The van der Waals surface area contributed by atoms with E-state index in [1.807, 2.05) is 18.2 Å².